The van der Waals surface area contributed by atoms with Crippen LogP contribution in [0.3, 0.4) is 0 Å². The zero-order valence-corrected chi connectivity index (χ0v) is 31.7. The van der Waals surface area contributed by atoms with Crippen molar-refractivity contribution in [3.8, 4) is 11.5 Å². The number of likely N-dealkylation sites (tertiary alicyclic amines) is 2. The molecule has 6 rings (SSSR count). The molecule has 5 atom stereocenters. The van der Waals surface area contributed by atoms with Crippen molar-refractivity contribution in [1.29, 1.82) is 0 Å². The van der Waals surface area contributed by atoms with Crippen LogP contribution in [0.25, 0.3) is 0 Å². The molecule has 5 unspecified atom stereocenters. The number of carboxylic acids is 1. The maximum absolute atomic E-state index is 15.0. The molecule has 3 aliphatic rings. The highest BCUT2D eigenvalue weighted by Gasteiger charge is 2.57. The monoisotopic (exact) mass is 813 g/mol. The van der Waals surface area contributed by atoms with Crippen molar-refractivity contribution in [3.05, 3.63) is 75.7 Å². The number of carboxylic acid groups (broad SMARTS) is 1. The van der Waals surface area contributed by atoms with Gasteiger partial charge in [0.2, 0.25) is 5.60 Å². The highest BCUT2D eigenvalue weighted by molar-refractivity contribution is 7.10. The number of aliphatic hydroxyl groups is 2. The van der Waals surface area contributed by atoms with E-state index >= 15 is 0 Å². The molecule has 10 nitrogen and oxygen atoms in total. The van der Waals surface area contributed by atoms with Crippen molar-refractivity contribution in [2.75, 3.05) is 19.6 Å². The summed E-state index contributed by atoms with van der Waals surface area (Å²) >= 11 is 0.378. The van der Waals surface area contributed by atoms with Gasteiger partial charge in [-0.15, -0.1) is 11.3 Å². The van der Waals surface area contributed by atoms with Gasteiger partial charge in [-0.2, -0.15) is 26.3 Å². The number of aromatic nitrogens is 1. The Labute approximate surface area is 324 Å². The third-order valence-electron chi connectivity index (χ3n) is 11.5. The molecule has 2 aromatic heterocycles. The van der Waals surface area contributed by atoms with E-state index in [2.05, 4.69) is 4.98 Å². The molecule has 2 aliphatic heterocycles. The summed E-state index contributed by atoms with van der Waals surface area (Å²) in [7, 11) is 0. The fraction of sp³-hybridized carbons (Fsp3) is 0.564. The second kappa shape index (κ2) is 15.8. The van der Waals surface area contributed by atoms with Crippen LogP contribution in [0.1, 0.15) is 99.6 Å². The van der Waals surface area contributed by atoms with E-state index in [0.29, 0.717) is 41.9 Å². The molecule has 1 aromatic carbocycles. The number of carbonyl (C=O) groups is 2. The van der Waals surface area contributed by atoms with Crippen LogP contribution in [0.2, 0.25) is 0 Å². The van der Waals surface area contributed by atoms with Gasteiger partial charge in [-0.3, -0.25) is 19.5 Å². The van der Waals surface area contributed by atoms with Crippen LogP contribution in [-0.2, 0) is 27.5 Å². The average Bonchev–Trinajstić information content (AvgIpc) is 3.79. The van der Waals surface area contributed by atoms with Crippen LogP contribution in [0, 0.1) is 5.41 Å². The first-order valence-electron chi connectivity index (χ1n) is 18.6. The van der Waals surface area contributed by atoms with E-state index in [1.54, 1.807) is 38.1 Å². The van der Waals surface area contributed by atoms with E-state index in [9.17, 15) is 51.3 Å². The number of piperidine rings is 2. The summed E-state index contributed by atoms with van der Waals surface area (Å²) in [4.78, 5) is 32.5. The molecule has 1 amide bonds. The van der Waals surface area contributed by atoms with Crippen molar-refractivity contribution in [1.82, 2.24) is 14.8 Å². The molecule has 4 heterocycles. The SMILES string of the molecule is CCCC1N(C(O)c2ncccc2C(F)(F)F)CCCC1(Oc1csc(C(F)(F)F)c1)C(=O)N1CCC(O)(c2ccccc2OC2CCC(C)(C(=O)O)C2)CC1. The lowest BCUT2D eigenvalue weighted by molar-refractivity contribution is -0.177. The van der Waals surface area contributed by atoms with Crippen molar-refractivity contribution < 1.29 is 60.7 Å². The summed E-state index contributed by atoms with van der Waals surface area (Å²) in [5.74, 6) is -1.39. The van der Waals surface area contributed by atoms with Gasteiger partial charge in [-0.05, 0) is 70.1 Å². The van der Waals surface area contributed by atoms with Gasteiger partial charge in [-0.1, -0.05) is 31.5 Å². The number of amides is 1. The highest BCUT2D eigenvalue weighted by atomic mass is 32.1. The van der Waals surface area contributed by atoms with Crippen molar-refractivity contribution in [2.45, 2.75) is 114 Å². The van der Waals surface area contributed by atoms with Crippen LogP contribution in [0.5, 0.6) is 11.5 Å². The minimum atomic E-state index is -4.86. The maximum atomic E-state index is 15.0. The van der Waals surface area contributed by atoms with E-state index in [0.717, 1.165) is 29.8 Å². The minimum absolute atomic E-state index is 0.0145. The Balaban J connectivity index is 1.31. The Bertz CT molecular complexity index is 1880. The number of thiophene rings is 1. The van der Waals surface area contributed by atoms with Gasteiger partial charge in [0, 0.05) is 49.3 Å². The lowest BCUT2D eigenvalue weighted by atomic mass is 9.78. The minimum Gasteiger partial charge on any atom is -0.490 e. The van der Waals surface area contributed by atoms with Crippen molar-refractivity contribution in [3.63, 3.8) is 0 Å². The van der Waals surface area contributed by atoms with E-state index in [4.69, 9.17) is 9.47 Å². The molecule has 17 heteroatoms. The summed E-state index contributed by atoms with van der Waals surface area (Å²) in [6.07, 6.45) is -8.87. The molecule has 3 fully saturated rings. The number of hydrogen-bond donors (Lipinski definition) is 3. The maximum Gasteiger partial charge on any atom is 0.425 e. The van der Waals surface area contributed by atoms with Crippen LogP contribution in [0.15, 0.2) is 54.0 Å². The Morgan fingerprint density at radius 3 is 2.36 bits per heavy atom. The number of pyridine rings is 1. The van der Waals surface area contributed by atoms with Gasteiger partial charge in [0.25, 0.3) is 5.91 Å². The fourth-order valence-electron chi connectivity index (χ4n) is 8.47. The third-order valence-corrected chi connectivity index (χ3v) is 12.4. The number of benzene rings is 1. The number of carbonyl (C=O) groups excluding carboxylic acids is 1. The number of rotatable bonds is 11. The van der Waals surface area contributed by atoms with Gasteiger partial charge >= 0.3 is 18.3 Å². The molecule has 3 aromatic rings. The molecule has 0 spiro atoms. The van der Waals surface area contributed by atoms with Gasteiger partial charge < -0.3 is 29.7 Å². The zero-order chi connectivity index (χ0) is 40.7. The first-order chi connectivity index (χ1) is 26.3. The zero-order valence-electron chi connectivity index (χ0n) is 30.9. The number of ether oxygens (including phenoxy) is 2. The first kappa shape index (κ1) is 41.7. The molecular formula is C39H45F6N3O7S. The van der Waals surface area contributed by atoms with Gasteiger partial charge in [-0.25, -0.2) is 0 Å². The molecule has 56 heavy (non-hydrogen) atoms. The predicted molar refractivity (Wildman–Crippen MR) is 192 cm³/mol. The lowest BCUT2D eigenvalue weighted by Crippen LogP contribution is -2.68. The van der Waals surface area contributed by atoms with Crippen molar-refractivity contribution >= 4 is 23.2 Å². The number of para-hydroxylation sites is 1. The quantitative estimate of drug-likeness (QED) is 0.166. The topological polar surface area (TPSA) is 133 Å². The Morgan fingerprint density at radius 2 is 1.73 bits per heavy atom. The molecule has 1 aliphatic carbocycles. The number of aliphatic carboxylic acids is 1. The predicted octanol–water partition coefficient (Wildman–Crippen LogP) is 7.79. The van der Waals surface area contributed by atoms with Crippen LogP contribution in [-0.4, -0.2) is 79.4 Å². The summed E-state index contributed by atoms with van der Waals surface area (Å²) in [6.45, 7) is 3.44. The number of nitrogens with zero attached hydrogens (tertiary/aromatic N) is 3. The van der Waals surface area contributed by atoms with Crippen LogP contribution in [0.4, 0.5) is 26.3 Å². The second-order valence-electron chi connectivity index (χ2n) is 15.3. The summed E-state index contributed by atoms with van der Waals surface area (Å²) in [6, 6.07) is 8.45. The largest absolute Gasteiger partial charge is 0.490 e. The van der Waals surface area contributed by atoms with Crippen LogP contribution < -0.4 is 9.47 Å². The molecule has 0 bridgehead atoms. The van der Waals surface area contributed by atoms with E-state index in [-0.39, 0.29) is 63.9 Å². The summed E-state index contributed by atoms with van der Waals surface area (Å²) in [5, 5.41) is 34.5. The van der Waals surface area contributed by atoms with Crippen LogP contribution >= 0.6 is 11.3 Å². The molecular weight excluding hydrogens is 768 g/mol. The lowest BCUT2D eigenvalue weighted by Gasteiger charge is -2.52. The number of aliphatic hydroxyl groups excluding tert-OH is 1. The Morgan fingerprint density at radius 1 is 1.02 bits per heavy atom. The third kappa shape index (κ3) is 8.23. The summed E-state index contributed by atoms with van der Waals surface area (Å²) in [5.41, 5.74) is -5.73. The average molecular weight is 814 g/mol. The summed E-state index contributed by atoms with van der Waals surface area (Å²) < 4.78 is 96.1. The molecule has 3 N–H and O–H groups in total. The van der Waals surface area contributed by atoms with Crippen molar-refractivity contribution in [2.24, 2.45) is 5.41 Å². The number of alkyl halides is 6. The van der Waals surface area contributed by atoms with Gasteiger partial charge in [0.15, 0.2) is 6.23 Å². The smallest absolute Gasteiger partial charge is 0.425 e. The molecule has 306 valence electrons. The second-order valence-corrected chi connectivity index (χ2v) is 16.2. The van der Waals surface area contributed by atoms with E-state index < -0.39 is 75.4 Å². The van der Waals surface area contributed by atoms with E-state index in [1.807, 2.05) is 0 Å². The first-order valence-corrected chi connectivity index (χ1v) is 19.5. The van der Waals surface area contributed by atoms with Gasteiger partial charge in [0.1, 0.15) is 16.4 Å². The normalized spacial score (nSPS) is 26.5. The van der Waals surface area contributed by atoms with E-state index in [1.165, 1.54) is 9.80 Å². The molecule has 2 saturated heterocycles. The molecule has 0 radical (unpaired) electrons. The fourth-order valence-corrected chi connectivity index (χ4v) is 9.15. The highest BCUT2D eigenvalue weighted by Crippen LogP contribution is 2.47. The van der Waals surface area contributed by atoms with Gasteiger partial charge in [0.05, 0.1) is 34.4 Å². The molecule has 1 saturated carbocycles. The standard InChI is InChI=1S/C39H45F6N3O7S/c1-3-8-29-37(55-25-21-30(56-23-25)39(43,44)45,13-7-18-48(29)32(49)31-27(38(40,41)42)10-6-17-46-31)33(50)47-19-15-36(53,16-20-47)26-9-4-5-11-28(26)54-24-12-14-35(2,22-24)34(51)52/h4-6,9-11,17,21,23-24,29,32,49,53H,3,7-8,12-16,18-20,22H2,1-2H3,(H,51,52). The number of halogens is 6. The Hall–Kier alpha value is -3.93. The number of hydrogen-bond acceptors (Lipinski definition) is 9. The Kier molecular flexibility index (Phi) is 11.8.